The number of nitrogens with zero attached hydrogens (tertiary/aromatic N) is 1. The molecule has 3 heteroatoms. The lowest BCUT2D eigenvalue weighted by atomic mass is 10.0. The van der Waals surface area contributed by atoms with Crippen molar-refractivity contribution in [2.45, 2.75) is 6.42 Å². The van der Waals surface area contributed by atoms with Gasteiger partial charge in [-0.15, -0.1) is 11.3 Å². The van der Waals surface area contributed by atoms with Gasteiger partial charge in [0.2, 0.25) is 0 Å². The van der Waals surface area contributed by atoms with Crippen molar-refractivity contribution in [3.63, 3.8) is 0 Å². The zero-order chi connectivity index (χ0) is 14.2. The maximum atomic E-state index is 9.55. The number of phenols is 1. The maximum absolute atomic E-state index is 9.55. The van der Waals surface area contributed by atoms with Gasteiger partial charge in [-0.2, -0.15) is 0 Å². The highest BCUT2D eigenvalue weighted by molar-refractivity contribution is 7.18. The van der Waals surface area contributed by atoms with Crippen LogP contribution in [0.5, 0.6) is 5.75 Å². The molecule has 0 bridgehead atoms. The topological polar surface area (TPSA) is 33.1 Å². The van der Waals surface area contributed by atoms with E-state index < -0.39 is 0 Å². The van der Waals surface area contributed by atoms with Crippen LogP contribution in [-0.4, -0.2) is 10.1 Å². The maximum Gasteiger partial charge on any atom is 0.117 e. The lowest BCUT2D eigenvalue weighted by Gasteiger charge is -2.04. The molecule has 0 fully saturated rings. The van der Waals surface area contributed by atoms with Crippen LogP contribution >= 0.6 is 11.3 Å². The summed E-state index contributed by atoms with van der Waals surface area (Å²) < 4.78 is 1.03. The number of fused-ring (bicyclic) bond motifs is 2. The molecule has 4 aromatic rings. The van der Waals surface area contributed by atoms with Crippen molar-refractivity contribution in [3.8, 4) is 5.75 Å². The number of hydrogen-bond donors (Lipinski definition) is 1. The van der Waals surface area contributed by atoms with Crippen LogP contribution in [0.1, 0.15) is 10.6 Å². The van der Waals surface area contributed by atoms with Gasteiger partial charge in [-0.1, -0.05) is 42.5 Å². The Morgan fingerprint density at radius 3 is 2.76 bits per heavy atom. The fourth-order valence-electron chi connectivity index (χ4n) is 2.65. The van der Waals surface area contributed by atoms with E-state index in [0.29, 0.717) is 5.75 Å². The molecule has 1 aromatic heterocycles. The van der Waals surface area contributed by atoms with Crippen molar-refractivity contribution in [1.82, 2.24) is 4.98 Å². The molecule has 0 spiro atoms. The van der Waals surface area contributed by atoms with Crippen LogP contribution in [0.15, 0.2) is 60.7 Å². The first kappa shape index (κ1) is 12.4. The minimum atomic E-state index is 0.294. The number of aromatic nitrogens is 1. The van der Waals surface area contributed by atoms with E-state index in [0.717, 1.165) is 21.6 Å². The van der Waals surface area contributed by atoms with Crippen LogP contribution in [0.2, 0.25) is 0 Å². The Hall–Kier alpha value is -2.39. The molecule has 21 heavy (non-hydrogen) atoms. The predicted octanol–water partition coefficient (Wildman–Crippen LogP) is 4.75. The van der Waals surface area contributed by atoms with Crippen molar-refractivity contribution >= 4 is 32.3 Å². The molecule has 1 N–H and O–H groups in total. The number of benzene rings is 3. The van der Waals surface area contributed by atoms with Crippen LogP contribution in [0.25, 0.3) is 21.0 Å². The molecule has 2 nitrogen and oxygen atoms in total. The minimum Gasteiger partial charge on any atom is -0.508 e. The molecule has 0 radical (unpaired) electrons. The van der Waals surface area contributed by atoms with Crippen molar-refractivity contribution < 1.29 is 5.11 Å². The smallest absolute Gasteiger partial charge is 0.117 e. The van der Waals surface area contributed by atoms with Gasteiger partial charge in [0.1, 0.15) is 5.75 Å². The molecular formula is C18H13NOS. The van der Waals surface area contributed by atoms with E-state index in [4.69, 9.17) is 0 Å². The van der Waals surface area contributed by atoms with Gasteiger partial charge in [0, 0.05) is 6.42 Å². The Labute approximate surface area is 126 Å². The third-order valence-corrected chi connectivity index (χ3v) is 4.66. The van der Waals surface area contributed by atoms with Crippen molar-refractivity contribution in [2.24, 2.45) is 0 Å². The molecule has 0 amide bonds. The van der Waals surface area contributed by atoms with Crippen molar-refractivity contribution in [3.05, 3.63) is 71.2 Å². The summed E-state index contributed by atoms with van der Waals surface area (Å²) in [7, 11) is 0. The van der Waals surface area contributed by atoms with E-state index in [-0.39, 0.29) is 0 Å². The van der Waals surface area contributed by atoms with Crippen LogP contribution in [-0.2, 0) is 6.42 Å². The van der Waals surface area contributed by atoms with Crippen LogP contribution in [0, 0.1) is 0 Å². The normalized spacial score (nSPS) is 11.2. The SMILES string of the molecule is Oc1ccc2nc(Cc3cccc4ccccc34)sc2c1. The third-order valence-electron chi connectivity index (χ3n) is 3.64. The summed E-state index contributed by atoms with van der Waals surface area (Å²) in [4.78, 5) is 4.66. The average molecular weight is 291 g/mol. The molecule has 0 aliphatic heterocycles. The summed E-state index contributed by atoms with van der Waals surface area (Å²) in [6.07, 6.45) is 0.821. The van der Waals surface area contributed by atoms with Gasteiger partial charge in [0.25, 0.3) is 0 Å². The number of hydrogen-bond acceptors (Lipinski definition) is 3. The van der Waals surface area contributed by atoms with Crippen LogP contribution < -0.4 is 0 Å². The average Bonchev–Trinajstić information content (AvgIpc) is 2.89. The van der Waals surface area contributed by atoms with Crippen molar-refractivity contribution in [2.75, 3.05) is 0 Å². The number of aromatic hydroxyl groups is 1. The van der Waals surface area contributed by atoms with E-state index >= 15 is 0 Å². The minimum absolute atomic E-state index is 0.294. The van der Waals surface area contributed by atoms with E-state index in [2.05, 4.69) is 47.4 Å². The molecule has 0 atom stereocenters. The van der Waals surface area contributed by atoms with Crippen molar-refractivity contribution in [1.29, 1.82) is 0 Å². The fraction of sp³-hybridized carbons (Fsp3) is 0.0556. The number of thiazole rings is 1. The van der Waals surface area contributed by atoms with Crippen LogP contribution in [0.4, 0.5) is 0 Å². The summed E-state index contributed by atoms with van der Waals surface area (Å²) in [6.45, 7) is 0. The summed E-state index contributed by atoms with van der Waals surface area (Å²) in [6, 6.07) is 20.1. The largest absolute Gasteiger partial charge is 0.508 e. The van der Waals surface area contributed by atoms with Gasteiger partial charge >= 0.3 is 0 Å². The molecule has 102 valence electrons. The standard InChI is InChI=1S/C18H13NOS/c20-14-8-9-16-17(11-14)21-18(19-16)10-13-6-3-5-12-4-1-2-7-15(12)13/h1-9,11,20H,10H2. The number of rotatable bonds is 2. The van der Waals surface area contributed by atoms with Gasteiger partial charge < -0.3 is 5.11 Å². The predicted molar refractivity (Wildman–Crippen MR) is 88.0 cm³/mol. The molecule has 3 aromatic carbocycles. The molecule has 0 saturated heterocycles. The summed E-state index contributed by atoms with van der Waals surface area (Å²) in [5.41, 5.74) is 2.24. The molecule has 1 heterocycles. The second-order valence-corrected chi connectivity index (χ2v) is 6.19. The molecule has 0 aliphatic carbocycles. The van der Waals surface area contributed by atoms with E-state index in [1.807, 2.05) is 6.07 Å². The van der Waals surface area contributed by atoms with Gasteiger partial charge in [-0.05, 0) is 34.5 Å². The van der Waals surface area contributed by atoms with Gasteiger partial charge in [-0.25, -0.2) is 4.98 Å². The Balaban J connectivity index is 1.79. The lowest BCUT2D eigenvalue weighted by molar-refractivity contribution is 0.476. The highest BCUT2D eigenvalue weighted by Crippen LogP contribution is 2.28. The van der Waals surface area contributed by atoms with Crippen LogP contribution in [0.3, 0.4) is 0 Å². The second-order valence-electron chi connectivity index (χ2n) is 5.07. The molecule has 4 rings (SSSR count). The van der Waals surface area contributed by atoms with Gasteiger partial charge in [0.05, 0.1) is 15.2 Å². The fourth-order valence-corrected chi connectivity index (χ4v) is 3.67. The quantitative estimate of drug-likeness (QED) is 0.578. The monoisotopic (exact) mass is 291 g/mol. The highest BCUT2D eigenvalue weighted by atomic mass is 32.1. The molecule has 0 saturated carbocycles. The summed E-state index contributed by atoms with van der Waals surface area (Å²) >= 11 is 1.64. The zero-order valence-electron chi connectivity index (χ0n) is 11.3. The van der Waals surface area contributed by atoms with E-state index in [1.165, 1.54) is 16.3 Å². The Morgan fingerprint density at radius 1 is 0.952 bits per heavy atom. The van der Waals surface area contributed by atoms with E-state index in [9.17, 15) is 5.11 Å². The first-order valence-electron chi connectivity index (χ1n) is 6.85. The molecule has 0 aliphatic rings. The lowest BCUT2D eigenvalue weighted by Crippen LogP contribution is -1.88. The second kappa shape index (κ2) is 4.86. The first-order chi connectivity index (χ1) is 10.3. The molecular weight excluding hydrogens is 278 g/mol. The van der Waals surface area contributed by atoms with Gasteiger partial charge in [-0.3, -0.25) is 0 Å². The van der Waals surface area contributed by atoms with Gasteiger partial charge in [0.15, 0.2) is 0 Å². The Morgan fingerprint density at radius 2 is 1.81 bits per heavy atom. The Kier molecular flexibility index (Phi) is 2.86. The number of phenolic OH excluding ortho intramolecular Hbond substituents is 1. The molecule has 0 unspecified atom stereocenters. The highest BCUT2D eigenvalue weighted by Gasteiger charge is 2.07. The van der Waals surface area contributed by atoms with E-state index in [1.54, 1.807) is 23.5 Å². The summed E-state index contributed by atoms with van der Waals surface area (Å²) in [5, 5.41) is 13.2. The first-order valence-corrected chi connectivity index (χ1v) is 7.66. The zero-order valence-corrected chi connectivity index (χ0v) is 12.1. The summed E-state index contributed by atoms with van der Waals surface area (Å²) in [5.74, 6) is 0.294. The third kappa shape index (κ3) is 2.26. The Bertz CT molecular complexity index is 937.